The summed E-state index contributed by atoms with van der Waals surface area (Å²) in [5.74, 6) is -1.64. The van der Waals surface area contributed by atoms with Crippen molar-refractivity contribution in [3.8, 4) is 0 Å². The number of carbonyl (C=O) groups excluding carboxylic acids is 1. The second-order valence-electron chi connectivity index (χ2n) is 3.74. The first-order valence-corrected chi connectivity index (χ1v) is 5.21. The van der Waals surface area contributed by atoms with Gasteiger partial charge < -0.3 is 9.84 Å². The zero-order chi connectivity index (χ0) is 13.1. The van der Waals surface area contributed by atoms with Crippen LogP contribution in [0.4, 0.5) is 8.78 Å². The molecule has 0 spiro atoms. The molecule has 0 bridgehead atoms. The first kappa shape index (κ1) is 12.2. The fourth-order valence-electron chi connectivity index (χ4n) is 1.44. The van der Waals surface area contributed by atoms with Crippen molar-refractivity contribution in [1.29, 1.82) is 0 Å². The van der Waals surface area contributed by atoms with Crippen LogP contribution >= 0.6 is 0 Å². The van der Waals surface area contributed by atoms with Gasteiger partial charge in [-0.25, -0.2) is 8.78 Å². The lowest BCUT2D eigenvalue weighted by Gasteiger charge is -2.04. The highest BCUT2D eigenvalue weighted by Gasteiger charge is 2.12. The average Bonchev–Trinajstić information content (AvgIpc) is 2.72. The molecule has 18 heavy (non-hydrogen) atoms. The van der Waals surface area contributed by atoms with Gasteiger partial charge in [-0.1, -0.05) is 5.16 Å². The molecule has 0 aliphatic rings. The second-order valence-corrected chi connectivity index (χ2v) is 3.74. The topological polar surface area (TPSA) is 55.1 Å². The Balaban J connectivity index is 2.03. The maximum Gasteiger partial charge on any atom is 0.254 e. The monoisotopic (exact) mass is 252 g/mol. The van der Waals surface area contributed by atoms with Gasteiger partial charge in [-0.05, 0) is 19.1 Å². The smallest absolute Gasteiger partial charge is 0.254 e. The number of aromatic nitrogens is 1. The number of amides is 1. The molecule has 1 aromatic carbocycles. The molecule has 2 aromatic rings. The van der Waals surface area contributed by atoms with E-state index in [4.69, 9.17) is 4.52 Å². The summed E-state index contributed by atoms with van der Waals surface area (Å²) in [6.07, 6.45) is 0. The first-order chi connectivity index (χ1) is 8.56. The predicted octanol–water partition coefficient (Wildman–Crippen LogP) is 2.19. The van der Waals surface area contributed by atoms with Crippen molar-refractivity contribution < 1.29 is 18.1 Å². The van der Waals surface area contributed by atoms with Crippen LogP contribution in [0.25, 0.3) is 0 Å². The van der Waals surface area contributed by atoms with Crippen LogP contribution in [-0.4, -0.2) is 11.1 Å². The second kappa shape index (κ2) is 4.95. The van der Waals surface area contributed by atoms with E-state index in [1.165, 1.54) is 0 Å². The van der Waals surface area contributed by atoms with Gasteiger partial charge in [0.15, 0.2) is 0 Å². The molecule has 0 radical (unpaired) electrons. The van der Waals surface area contributed by atoms with Gasteiger partial charge in [0.2, 0.25) is 0 Å². The summed E-state index contributed by atoms with van der Waals surface area (Å²) in [5, 5.41) is 6.14. The van der Waals surface area contributed by atoms with Crippen molar-refractivity contribution in [2.24, 2.45) is 0 Å². The third-order valence-electron chi connectivity index (χ3n) is 2.28. The Labute approximate surface area is 102 Å². The lowest BCUT2D eigenvalue weighted by molar-refractivity contribution is 0.0946. The SMILES string of the molecule is Cc1cc(CNC(=O)c2ccc(F)cc2F)no1. The Morgan fingerprint density at radius 1 is 1.39 bits per heavy atom. The van der Waals surface area contributed by atoms with Gasteiger partial charge in [-0.3, -0.25) is 4.79 Å². The summed E-state index contributed by atoms with van der Waals surface area (Å²) < 4.78 is 30.8. The van der Waals surface area contributed by atoms with Gasteiger partial charge in [0.05, 0.1) is 12.1 Å². The first-order valence-electron chi connectivity index (χ1n) is 5.21. The van der Waals surface area contributed by atoms with Crippen LogP contribution in [0, 0.1) is 18.6 Å². The maximum absolute atomic E-state index is 13.3. The summed E-state index contributed by atoms with van der Waals surface area (Å²) in [6, 6.07) is 4.43. The third-order valence-corrected chi connectivity index (χ3v) is 2.28. The highest BCUT2D eigenvalue weighted by Crippen LogP contribution is 2.09. The minimum atomic E-state index is -0.899. The van der Waals surface area contributed by atoms with Gasteiger partial charge in [-0.2, -0.15) is 0 Å². The Morgan fingerprint density at radius 3 is 2.78 bits per heavy atom. The van der Waals surface area contributed by atoms with E-state index in [-0.39, 0.29) is 12.1 Å². The number of halogens is 2. The molecular weight excluding hydrogens is 242 g/mol. The Morgan fingerprint density at radius 2 is 2.17 bits per heavy atom. The van der Waals surface area contributed by atoms with E-state index in [2.05, 4.69) is 10.5 Å². The molecule has 1 amide bonds. The standard InChI is InChI=1S/C12H10F2N2O2/c1-7-4-9(16-18-7)6-15-12(17)10-3-2-8(13)5-11(10)14/h2-5H,6H2,1H3,(H,15,17). The van der Waals surface area contributed by atoms with E-state index in [1.54, 1.807) is 13.0 Å². The molecule has 1 aromatic heterocycles. The van der Waals surface area contributed by atoms with E-state index in [0.717, 1.165) is 12.1 Å². The predicted molar refractivity (Wildman–Crippen MR) is 58.8 cm³/mol. The number of rotatable bonds is 3. The highest BCUT2D eigenvalue weighted by atomic mass is 19.1. The fourth-order valence-corrected chi connectivity index (χ4v) is 1.44. The maximum atomic E-state index is 13.3. The quantitative estimate of drug-likeness (QED) is 0.911. The minimum Gasteiger partial charge on any atom is -0.361 e. The number of aryl methyl sites for hydroxylation is 1. The fraction of sp³-hybridized carbons (Fsp3) is 0.167. The normalized spacial score (nSPS) is 10.4. The molecule has 94 valence electrons. The molecule has 0 aliphatic heterocycles. The van der Waals surface area contributed by atoms with Gasteiger partial charge in [0, 0.05) is 12.1 Å². The zero-order valence-electron chi connectivity index (χ0n) is 9.54. The zero-order valence-corrected chi connectivity index (χ0v) is 9.54. The van der Waals surface area contributed by atoms with E-state index in [0.29, 0.717) is 17.5 Å². The van der Waals surface area contributed by atoms with Crippen LogP contribution in [0.2, 0.25) is 0 Å². The van der Waals surface area contributed by atoms with Crippen LogP contribution < -0.4 is 5.32 Å². The number of nitrogens with one attached hydrogen (secondary N) is 1. The van der Waals surface area contributed by atoms with Gasteiger partial charge in [0.1, 0.15) is 23.1 Å². The van der Waals surface area contributed by atoms with Crippen LogP contribution in [-0.2, 0) is 6.54 Å². The lowest BCUT2D eigenvalue weighted by atomic mass is 10.2. The molecule has 4 nitrogen and oxygen atoms in total. The van der Waals surface area contributed by atoms with Crippen LogP contribution in [0.5, 0.6) is 0 Å². The minimum absolute atomic E-state index is 0.118. The summed E-state index contributed by atoms with van der Waals surface area (Å²) in [4.78, 5) is 11.6. The number of carbonyl (C=O) groups is 1. The molecule has 2 rings (SSSR count). The Hall–Kier alpha value is -2.24. The number of benzene rings is 1. The summed E-state index contributed by atoms with van der Waals surface area (Å²) in [6.45, 7) is 1.84. The molecular formula is C12H10F2N2O2. The Bertz CT molecular complexity index is 581. The summed E-state index contributed by atoms with van der Waals surface area (Å²) in [5.41, 5.74) is 0.319. The van der Waals surface area contributed by atoms with Crippen LogP contribution in [0.3, 0.4) is 0 Å². The molecule has 0 saturated heterocycles. The molecule has 0 fully saturated rings. The third kappa shape index (κ3) is 2.71. The van der Waals surface area contributed by atoms with Crippen LogP contribution in [0.15, 0.2) is 28.8 Å². The van der Waals surface area contributed by atoms with Gasteiger partial charge >= 0.3 is 0 Å². The van der Waals surface area contributed by atoms with E-state index < -0.39 is 17.5 Å². The van der Waals surface area contributed by atoms with Crippen molar-refractivity contribution in [1.82, 2.24) is 10.5 Å². The van der Waals surface area contributed by atoms with Crippen molar-refractivity contribution in [2.75, 3.05) is 0 Å². The molecule has 0 unspecified atom stereocenters. The highest BCUT2D eigenvalue weighted by molar-refractivity contribution is 5.94. The van der Waals surface area contributed by atoms with Crippen molar-refractivity contribution in [3.05, 3.63) is 52.9 Å². The van der Waals surface area contributed by atoms with Gasteiger partial charge in [-0.15, -0.1) is 0 Å². The summed E-state index contributed by atoms with van der Waals surface area (Å²) in [7, 11) is 0. The van der Waals surface area contributed by atoms with Crippen molar-refractivity contribution >= 4 is 5.91 Å². The van der Waals surface area contributed by atoms with Gasteiger partial charge in [0.25, 0.3) is 5.91 Å². The van der Waals surface area contributed by atoms with Crippen LogP contribution in [0.1, 0.15) is 21.8 Å². The van der Waals surface area contributed by atoms with E-state index in [1.807, 2.05) is 0 Å². The average molecular weight is 252 g/mol. The number of hydrogen-bond donors (Lipinski definition) is 1. The van der Waals surface area contributed by atoms with E-state index >= 15 is 0 Å². The number of nitrogens with zero attached hydrogens (tertiary/aromatic N) is 1. The van der Waals surface area contributed by atoms with Crippen molar-refractivity contribution in [3.63, 3.8) is 0 Å². The number of hydrogen-bond acceptors (Lipinski definition) is 3. The molecule has 1 N–H and O–H groups in total. The summed E-state index contributed by atoms with van der Waals surface area (Å²) >= 11 is 0. The largest absolute Gasteiger partial charge is 0.361 e. The molecule has 0 atom stereocenters. The van der Waals surface area contributed by atoms with Crippen molar-refractivity contribution in [2.45, 2.75) is 13.5 Å². The Kier molecular flexibility index (Phi) is 3.36. The van der Waals surface area contributed by atoms with E-state index in [9.17, 15) is 13.6 Å². The molecule has 1 heterocycles. The molecule has 6 heteroatoms. The molecule has 0 aliphatic carbocycles. The molecule has 0 saturated carbocycles. The lowest BCUT2D eigenvalue weighted by Crippen LogP contribution is -2.24.